The van der Waals surface area contributed by atoms with Crippen molar-refractivity contribution in [2.45, 2.75) is 20.8 Å². The summed E-state index contributed by atoms with van der Waals surface area (Å²) in [5.74, 6) is 0.881. The van der Waals surface area contributed by atoms with E-state index < -0.39 is 0 Å². The Morgan fingerprint density at radius 3 is 2.40 bits per heavy atom. The van der Waals surface area contributed by atoms with Crippen molar-refractivity contribution in [3.63, 3.8) is 0 Å². The van der Waals surface area contributed by atoms with Gasteiger partial charge in [0.25, 0.3) is 0 Å². The average molecular weight is 290 g/mol. The zero-order valence-electron chi connectivity index (χ0n) is 9.10. The minimum Gasteiger partial charge on any atom is -0.489 e. The maximum absolute atomic E-state index is 5.60. The lowest BCUT2D eigenvalue weighted by Crippen LogP contribution is -1.99. The molecule has 0 unspecified atom stereocenters. The third-order valence-electron chi connectivity index (χ3n) is 2.06. The van der Waals surface area contributed by atoms with Crippen LogP contribution in [0.25, 0.3) is 0 Å². The number of hydrogen-bond donors (Lipinski definition) is 0. The van der Waals surface area contributed by atoms with Crippen molar-refractivity contribution in [2.75, 3.05) is 6.61 Å². The Morgan fingerprint density at radius 1 is 1.40 bits per heavy atom. The van der Waals surface area contributed by atoms with Crippen molar-refractivity contribution >= 4 is 27.5 Å². The Labute approximate surface area is 104 Å². The second-order valence-corrected chi connectivity index (χ2v) is 4.63. The largest absolute Gasteiger partial charge is 0.489 e. The van der Waals surface area contributed by atoms with Crippen LogP contribution in [0.1, 0.15) is 18.1 Å². The van der Waals surface area contributed by atoms with Gasteiger partial charge in [-0.05, 0) is 49.6 Å². The van der Waals surface area contributed by atoms with Gasteiger partial charge in [-0.15, -0.1) is 0 Å². The molecule has 0 saturated heterocycles. The summed E-state index contributed by atoms with van der Waals surface area (Å²) >= 11 is 9.08. The molecule has 1 nitrogen and oxygen atoms in total. The van der Waals surface area contributed by atoms with E-state index in [4.69, 9.17) is 16.3 Å². The molecule has 0 heterocycles. The van der Waals surface area contributed by atoms with Crippen molar-refractivity contribution in [1.82, 2.24) is 0 Å². The van der Waals surface area contributed by atoms with Crippen LogP contribution < -0.4 is 4.74 Å². The van der Waals surface area contributed by atoms with Gasteiger partial charge in [0, 0.05) is 10.0 Å². The summed E-state index contributed by atoms with van der Waals surface area (Å²) in [6.45, 7) is 6.57. The average Bonchev–Trinajstić information content (AvgIpc) is 2.22. The number of benzene rings is 1. The molecule has 0 aliphatic carbocycles. The summed E-state index contributed by atoms with van der Waals surface area (Å²) < 4.78 is 6.74. The molecule has 0 aliphatic rings. The van der Waals surface area contributed by atoms with E-state index in [1.54, 1.807) is 5.54 Å². The Balaban J connectivity index is 2.79. The quantitative estimate of drug-likeness (QED) is 0.791. The molecule has 0 bridgehead atoms. The summed E-state index contributed by atoms with van der Waals surface area (Å²) in [5.41, 5.74) is 4.91. The number of hydrogen-bond acceptors (Lipinski definition) is 1. The molecular weight excluding hydrogens is 275 g/mol. The molecule has 15 heavy (non-hydrogen) atoms. The van der Waals surface area contributed by atoms with E-state index >= 15 is 0 Å². The summed E-state index contributed by atoms with van der Waals surface area (Å²) in [6.07, 6.45) is 0. The maximum atomic E-state index is 5.60. The van der Waals surface area contributed by atoms with Crippen LogP contribution in [0.5, 0.6) is 5.75 Å². The highest BCUT2D eigenvalue weighted by atomic mass is 79.9. The van der Waals surface area contributed by atoms with Gasteiger partial charge >= 0.3 is 0 Å². The molecule has 1 aromatic rings. The standard InChI is InChI=1S/C12H14BrClO/c1-8(6-14)7-15-11-4-9(2)12(13)10(3)5-11/h4-6H,7H2,1-3H3/b8-6-. The zero-order valence-corrected chi connectivity index (χ0v) is 11.4. The second kappa shape index (κ2) is 5.57. The maximum Gasteiger partial charge on any atom is 0.120 e. The zero-order chi connectivity index (χ0) is 11.4. The lowest BCUT2D eigenvalue weighted by Gasteiger charge is -2.09. The second-order valence-electron chi connectivity index (χ2n) is 3.62. The highest BCUT2D eigenvalue weighted by Gasteiger charge is 2.03. The first kappa shape index (κ1) is 12.6. The first-order valence-electron chi connectivity index (χ1n) is 4.70. The number of ether oxygens (including phenoxy) is 1. The lowest BCUT2D eigenvalue weighted by atomic mass is 10.1. The Morgan fingerprint density at radius 2 is 1.93 bits per heavy atom. The van der Waals surface area contributed by atoms with Crippen molar-refractivity contribution < 1.29 is 4.74 Å². The molecule has 0 N–H and O–H groups in total. The molecule has 0 spiro atoms. The first-order valence-corrected chi connectivity index (χ1v) is 5.93. The van der Waals surface area contributed by atoms with Crippen LogP contribution in [0.2, 0.25) is 0 Å². The topological polar surface area (TPSA) is 9.23 Å². The van der Waals surface area contributed by atoms with Gasteiger partial charge in [0.2, 0.25) is 0 Å². The van der Waals surface area contributed by atoms with Gasteiger partial charge in [-0.25, -0.2) is 0 Å². The fourth-order valence-electron chi connectivity index (χ4n) is 1.22. The minimum atomic E-state index is 0.532. The van der Waals surface area contributed by atoms with Gasteiger partial charge < -0.3 is 4.74 Å². The van der Waals surface area contributed by atoms with Gasteiger partial charge in [0.1, 0.15) is 12.4 Å². The van der Waals surface area contributed by atoms with Crippen molar-refractivity contribution in [1.29, 1.82) is 0 Å². The Hall–Kier alpha value is -0.470. The summed E-state index contributed by atoms with van der Waals surface area (Å²) in [7, 11) is 0. The van der Waals surface area contributed by atoms with Gasteiger partial charge in [0.15, 0.2) is 0 Å². The highest BCUT2D eigenvalue weighted by Crippen LogP contribution is 2.26. The smallest absolute Gasteiger partial charge is 0.120 e. The summed E-state index contributed by atoms with van der Waals surface area (Å²) in [4.78, 5) is 0. The third kappa shape index (κ3) is 3.54. The van der Waals surface area contributed by atoms with E-state index in [2.05, 4.69) is 15.9 Å². The van der Waals surface area contributed by atoms with Crippen molar-refractivity contribution in [3.8, 4) is 5.75 Å². The third-order valence-corrected chi connectivity index (χ3v) is 3.69. The van der Waals surface area contributed by atoms with E-state index in [1.165, 1.54) is 11.1 Å². The molecule has 0 fully saturated rings. The molecule has 1 rings (SSSR count). The molecule has 0 radical (unpaired) electrons. The molecule has 0 saturated carbocycles. The predicted molar refractivity (Wildman–Crippen MR) is 68.7 cm³/mol. The van der Waals surface area contributed by atoms with Gasteiger partial charge in [-0.3, -0.25) is 0 Å². The van der Waals surface area contributed by atoms with Crippen LogP contribution in [-0.2, 0) is 0 Å². The van der Waals surface area contributed by atoms with Crippen molar-refractivity contribution in [2.24, 2.45) is 0 Å². The van der Waals surface area contributed by atoms with E-state index in [0.29, 0.717) is 6.61 Å². The Bertz CT molecular complexity index is 362. The van der Waals surface area contributed by atoms with E-state index in [1.807, 2.05) is 32.9 Å². The lowest BCUT2D eigenvalue weighted by molar-refractivity contribution is 0.352. The molecular formula is C12H14BrClO. The monoisotopic (exact) mass is 288 g/mol. The normalized spacial score (nSPS) is 11.7. The van der Waals surface area contributed by atoms with Crippen LogP contribution in [0.4, 0.5) is 0 Å². The fraction of sp³-hybridized carbons (Fsp3) is 0.333. The van der Waals surface area contributed by atoms with Crippen molar-refractivity contribution in [3.05, 3.63) is 38.8 Å². The molecule has 0 atom stereocenters. The van der Waals surface area contributed by atoms with Crippen LogP contribution >= 0.6 is 27.5 Å². The molecule has 82 valence electrons. The first-order chi connectivity index (χ1) is 7.04. The molecule has 0 aromatic heterocycles. The SMILES string of the molecule is C/C(=C/Cl)COc1cc(C)c(Br)c(C)c1. The van der Waals surface area contributed by atoms with E-state index in [0.717, 1.165) is 15.8 Å². The summed E-state index contributed by atoms with van der Waals surface area (Å²) in [5, 5.41) is 0. The predicted octanol–water partition coefficient (Wildman–Crippen LogP) is 4.59. The fourth-order valence-corrected chi connectivity index (χ4v) is 1.51. The van der Waals surface area contributed by atoms with Gasteiger partial charge in [-0.2, -0.15) is 0 Å². The van der Waals surface area contributed by atoms with Crippen LogP contribution in [0.15, 0.2) is 27.7 Å². The summed E-state index contributed by atoms with van der Waals surface area (Å²) in [6, 6.07) is 4.02. The molecule has 3 heteroatoms. The number of rotatable bonds is 3. The van der Waals surface area contributed by atoms with Gasteiger partial charge in [0.05, 0.1) is 0 Å². The molecule has 1 aromatic carbocycles. The van der Waals surface area contributed by atoms with Gasteiger partial charge in [-0.1, -0.05) is 27.5 Å². The van der Waals surface area contributed by atoms with Crippen LogP contribution in [-0.4, -0.2) is 6.61 Å². The molecule has 0 aliphatic heterocycles. The Kier molecular flexibility index (Phi) is 4.68. The minimum absolute atomic E-state index is 0.532. The molecule has 0 amide bonds. The van der Waals surface area contributed by atoms with E-state index in [-0.39, 0.29) is 0 Å². The van der Waals surface area contributed by atoms with Crippen LogP contribution in [0, 0.1) is 13.8 Å². The number of halogens is 2. The number of aryl methyl sites for hydroxylation is 2. The highest BCUT2D eigenvalue weighted by molar-refractivity contribution is 9.10. The van der Waals surface area contributed by atoms with Crippen LogP contribution in [0.3, 0.4) is 0 Å². The van der Waals surface area contributed by atoms with E-state index in [9.17, 15) is 0 Å².